The first kappa shape index (κ1) is 17.0. The molecule has 1 N–H and O–H groups in total. The molecule has 1 atom stereocenters. The van der Waals surface area contributed by atoms with E-state index in [0.29, 0.717) is 0 Å². The highest BCUT2D eigenvalue weighted by atomic mass is 32.2. The molecule has 27 heavy (non-hydrogen) atoms. The predicted molar refractivity (Wildman–Crippen MR) is 106 cm³/mol. The summed E-state index contributed by atoms with van der Waals surface area (Å²) in [4.78, 5) is 0. The lowest BCUT2D eigenvalue weighted by atomic mass is 10.2. The first-order valence-electron chi connectivity index (χ1n) is 8.47. The average Bonchev–Trinajstić information content (AvgIpc) is 3.45. The van der Waals surface area contributed by atoms with Crippen molar-refractivity contribution in [1.29, 1.82) is 0 Å². The van der Waals surface area contributed by atoms with Crippen LogP contribution in [0.15, 0.2) is 38.3 Å². The van der Waals surface area contributed by atoms with E-state index in [2.05, 4.69) is 30.8 Å². The van der Waals surface area contributed by atoms with Gasteiger partial charge in [-0.3, -0.25) is 0 Å². The summed E-state index contributed by atoms with van der Waals surface area (Å²) in [5.41, 5.74) is 1.73. The maximum atomic E-state index is 5.62. The second-order valence-electron chi connectivity index (χ2n) is 5.97. The van der Waals surface area contributed by atoms with Crippen molar-refractivity contribution in [2.24, 2.45) is 0 Å². The number of hydrogen-bond acceptors (Lipinski definition) is 10. The molecular weight excluding hydrogens is 402 g/mol. The second-order valence-corrected chi connectivity index (χ2v) is 8.99. The minimum Gasteiger partial charge on any atom is -0.376 e. The maximum absolute atomic E-state index is 5.62. The molecule has 4 aromatic heterocycles. The summed E-state index contributed by atoms with van der Waals surface area (Å²) in [5, 5.41) is 30.5. The van der Waals surface area contributed by atoms with E-state index in [-0.39, 0.29) is 6.10 Å². The summed E-state index contributed by atoms with van der Waals surface area (Å²) in [5.74, 6) is 0.741. The van der Waals surface area contributed by atoms with E-state index in [1.165, 1.54) is 23.1 Å². The molecule has 11 heteroatoms. The molecule has 0 radical (unpaired) electrons. The summed E-state index contributed by atoms with van der Waals surface area (Å²) < 4.78 is 8.22. The third kappa shape index (κ3) is 3.68. The van der Waals surface area contributed by atoms with E-state index in [1.54, 1.807) is 15.9 Å². The number of anilines is 1. The van der Waals surface area contributed by atoms with Crippen molar-refractivity contribution >= 4 is 45.2 Å². The molecule has 0 amide bonds. The van der Waals surface area contributed by atoms with Gasteiger partial charge in [0.1, 0.15) is 5.03 Å². The lowest BCUT2D eigenvalue weighted by Crippen LogP contribution is -2.18. The zero-order chi connectivity index (χ0) is 18.1. The van der Waals surface area contributed by atoms with Crippen LogP contribution in [-0.4, -0.2) is 49.3 Å². The molecule has 0 aliphatic carbocycles. The molecule has 1 aliphatic rings. The fourth-order valence-electron chi connectivity index (χ4n) is 2.82. The van der Waals surface area contributed by atoms with Gasteiger partial charge in [-0.25, -0.2) is 0 Å². The van der Waals surface area contributed by atoms with Gasteiger partial charge in [-0.1, -0.05) is 11.3 Å². The highest BCUT2D eigenvalue weighted by Gasteiger charge is 2.16. The fraction of sp³-hybridized carbons (Fsp3) is 0.312. The van der Waals surface area contributed by atoms with Gasteiger partial charge in [-0.15, -0.1) is 20.4 Å². The van der Waals surface area contributed by atoms with Crippen LogP contribution in [-0.2, 0) is 4.74 Å². The minimum absolute atomic E-state index is 0.276. The lowest BCUT2D eigenvalue weighted by molar-refractivity contribution is 0.120. The number of aromatic nitrogens is 6. The SMILES string of the molecule is c1cc(-c2nnc3ccc(Sc4nnc(NCC5CCCO5)s4)nn23)cs1. The van der Waals surface area contributed by atoms with E-state index in [9.17, 15) is 0 Å². The van der Waals surface area contributed by atoms with E-state index < -0.39 is 0 Å². The molecule has 138 valence electrons. The van der Waals surface area contributed by atoms with Crippen LogP contribution in [0.1, 0.15) is 12.8 Å². The standard InChI is InChI=1S/C16H15N7OS3/c1-2-11(24-6-1)8-17-15-20-21-16(27-15)26-13-4-3-12-18-19-14(23(12)22-13)10-5-7-25-9-10/h3-5,7,9,11H,1-2,6,8H2,(H,17,20). The van der Waals surface area contributed by atoms with Gasteiger partial charge >= 0.3 is 0 Å². The third-order valence-electron chi connectivity index (χ3n) is 4.12. The van der Waals surface area contributed by atoms with Gasteiger partial charge in [0.05, 0.1) is 6.10 Å². The summed E-state index contributed by atoms with van der Waals surface area (Å²) in [6.45, 7) is 1.63. The molecule has 5 heterocycles. The summed E-state index contributed by atoms with van der Waals surface area (Å²) >= 11 is 4.62. The molecule has 5 rings (SSSR count). The molecule has 0 spiro atoms. The number of nitrogens with one attached hydrogen (secondary N) is 1. The zero-order valence-electron chi connectivity index (χ0n) is 14.1. The number of thiophene rings is 1. The molecular formula is C16H15N7OS3. The molecule has 4 aromatic rings. The van der Waals surface area contributed by atoms with Crippen LogP contribution in [0.5, 0.6) is 0 Å². The van der Waals surface area contributed by atoms with Crippen LogP contribution in [0.2, 0.25) is 0 Å². The molecule has 0 aromatic carbocycles. The normalized spacial score (nSPS) is 17.0. The Bertz CT molecular complexity index is 1040. The smallest absolute Gasteiger partial charge is 0.206 e. The largest absolute Gasteiger partial charge is 0.376 e. The second kappa shape index (κ2) is 7.50. The number of hydrogen-bond donors (Lipinski definition) is 1. The van der Waals surface area contributed by atoms with E-state index in [1.807, 2.05) is 29.0 Å². The van der Waals surface area contributed by atoms with Gasteiger partial charge in [0.25, 0.3) is 0 Å². The monoisotopic (exact) mass is 417 g/mol. The van der Waals surface area contributed by atoms with Crippen LogP contribution < -0.4 is 5.32 Å². The van der Waals surface area contributed by atoms with E-state index in [4.69, 9.17) is 4.74 Å². The Morgan fingerprint density at radius 1 is 1.22 bits per heavy atom. The van der Waals surface area contributed by atoms with Gasteiger partial charge in [-0.2, -0.15) is 21.0 Å². The number of nitrogens with zero attached hydrogens (tertiary/aromatic N) is 6. The Labute approximate surface area is 167 Å². The van der Waals surface area contributed by atoms with E-state index in [0.717, 1.165) is 57.5 Å². The lowest BCUT2D eigenvalue weighted by Gasteiger charge is -2.08. The van der Waals surface area contributed by atoms with Crippen LogP contribution in [0.3, 0.4) is 0 Å². The van der Waals surface area contributed by atoms with Crippen molar-refractivity contribution in [3.63, 3.8) is 0 Å². The molecule has 1 saturated heterocycles. The van der Waals surface area contributed by atoms with Crippen molar-refractivity contribution in [2.45, 2.75) is 28.3 Å². The van der Waals surface area contributed by atoms with Crippen LogP contribution in [0, 0.1) is 0 Å². The van der Waals surface area contributed by atoms with Crippen LogP contribution in [0.25, 0.3) is 17.0 Å². The zero-order valence-corrected chi connectivity index (χ0v) is 16.6. The maximum Gasteiger partial charge on any atom is 0.206 e. The Morgan fingerprint density at radius 2 is 2.22 bits per heavy atom. The molecule has 0 saturated carbocycles. The first-order chi connectivity index (χ1) is 13.3. The topological polar surface area (TPSA) is 90.1 Å². The Morgan fingerprint density at radius 3 is 3.07 bits per heavy atom. The molecule has 1 aliphatic heterocycles. The van der Waals surface area contributed by atoms with Gasteiger partial charge < -0.3 is 10.1 Å². The van der Waals surface area contributed by atoms with Gasteiger partial charge in [0.2, 0.25) is 5.13 Å². The van der Waals surface area contributed by atoms with Gasteiger partial charge in [0.15, 0.2) is 15.8 Å². The predicted octanol–water partition coefficient (Wildman–Crippen LogP) is 3.45. The van der Waals surface area contributed by atoms with Gasteiger partial charge in [-0.05, 0) is 48.2 Å². The van der Waals surface area contributed by atoms with Crippen molar-refractivity contribution < 1.29 is 4.74 Å². The first-order valence-corrected chi connectivity index (χ1v) is 11.0. The molecule has 1 fully saturated rings. The molecule has 8 nitrogen and oxygen atoms in total. The number of fused-ring (bicyclic) bond motifs is 1. The minimum atomic E-state index is 0.276. The average molecular weight is 418 g/mol. The molecule has 1 unspecified atom stereocenters. The molecule has 0 bridgehead atoms. The number of rotatable bonds is 6. The highest BCUT2D eigenvalue weighted by molar-refractivity contribution is 8.01. The highest BCUT2D eigenvalue weighted by Crippen LogP contribution is 2.31. The van der Waals surface area contributed by atoms with Crippen molar-refractivity contribution in [3.8, 4) is 11.4 Å². The summed E-state index contributed by atoms with van der Waals surface area (Å²) in [6.07, 6.45) is 2.51. The van der Waals surface area contributed by atoms with Crippen LogP contribution in [0.4, 0.5) is 5.13 Å². The number of ether oxygens (including phenoxy) is 1. The Balaban J connectivity index is 1.32. The Kier molecular flexibility index (Phi) is 4.74. The van der Waals surface area contributed by atoms with Crippen LogP contribution >= 0.6 is 34.4 Å². The third-order valence-corrected chi connectivity index (χ3v) is 6.66. The van der Waals surface area contributed by atoms with Crippen molar-refractivity contribution in [3.05, 3.63) is 29.0 Å². The Hall–Kier alpha value is -2.08. The fourth-order valence-corrected chi connectivity index (χ4v) is 5.11. The van der Waals surface area contributed by atoms with E-state index >= 15 is 0 Å². The van der Waals surface area contributed by atoms with Gasteiger partial charge in [0, 0.05) is 24.1 Å². The van der Waals surface area contributed by atoms with Crippen molar-refractivity contribution in [1.82, 2.24) is 30.0 Å². The summed E-state index contributed by atoms with van der Waals surface area (Å²) in [6, 6.07) is 5.85. The quantitative estimate of drug-likeness (QED) is 0.510. The summed E-state index contributed by atoms with van der Waals surface area (Å²) in [7, 11) is 0. The van der Waals surface area contributed by atoms with Crippen molar-refractivity contribution in [2.75, 3.05) is 18.5 Å².